The third-order valence-corrected chi connectivity index (χ3v) is 3.90. The molecule has 0 unspecified atom stereocenters. The maximum absolute atomic E-state index is 12.0. The standard InChI is InChI=1S/C16H16N4OS/c1-20(2)14-7-5-13(6-8-14)19-15(21)11-22-16-12(10-17)4-3-9-18-16/h3-9H,11H2,1-2H3,(H,19,21). The van der Waals surface area contributed by atoms with Gasteiger partial charge in [0, 0.05) is 31.7 Å². The topological polar surface area (TPSA) is 69.0 Å². The maximum atomic E-state index is 12.0. The largest absolute Gasteiger partial charge is 0.378 e. The Hall–Kier alpha value is -2.52. The molecule has 0 fully saturated rings. The van der Waals surface area contributed by atoms with Gasteiger partial charge in [-0.05, 0) is 36.4 Å². The first-order valence-corrected chi connectivity index (χ1v) is 7.64. The third kappa shape index (κ3) is 4.24. The van der Waals surface area contributed by atoms with E-state index in [0.717, 1.165) is 11.4 Å². The van der Waals surface area contributed by atoms with Gasteiger partial charge in [0.2, 0.25) is 5.91 Å². The normalized spacial score (nSPS) is 9.86. The van der Waals surface area contributed by atoms with Crippen molar-refractivity contribution in [1.82, 2.24) is 4.98 Å². The Morgan fingerprint density at radius 3 is 2.68 bits per heavy atom. The van der Waals surface area contributed by atoms with Gasteiger partial charge in [0.25, 0.3) is 0 Å². The highest BCUT2D eigenvalue weighted by molar-refractivity contribution is 8.00. The number of hydrogen-bond donors (Lipinski definition) is 1. The van der Waals surface area contributed by atoms with Crippen molar-refractivity contribution in [2.75, 3.05) is 30.1 Å². The summed E-state index contributed by atoms with van der Waals surface area (Å²) in [6.07, 6.45) is 1.61. The Morgan fingerprint density at radius 2 is 2.05 bits per heavy atom. The number of anilines is 2. The smallest absolute Gasteiger partial charge is 0.234 e. The number of aromatic nitrogens is 1. The lowest BCUT2D eigenvalue weighted by Gasteiger charge is -2.13. The Labute approximate surface area is 134 Å². The monoisotopic (exact) mass is 312 g/mol. The fraction of sp³-hybridized carbons (Fsp3) is 0.188. The number of benzene rings is 1. The molecular weight excluding hydrogens is 296 g/mol. The molecule has 1 N–H and O–H groups in total. The van der Waals surface area contributed by atoms with Crippen molar-refractivity contribution < 1.29 is 4.79 Å². The number of thioether (sulfide) groups is 1. The van der Waals surface area contributed by atoms with Crippen molar-refractivity contribution in [3.63, 3.8) is 0 Å². The van der Waals surface area contributed by atoms with E-state index in [-0.39, 0.29) is 11.7 Å². The van der Waals surface area contributed by atoms with Crippen molar-refractivity contribution in [1.29, 1.82) is 5.26 Å². The van der Waals surface area contributed by atoms with Crippen molar-refractivity contribution in [3.05, 3.63) is 48.2 Å². The zero-order valence-corrected chi connectivity index (χ0v) is 13.2. The van der Waals surface area contributed by atoms with E-state index in [1.54, 1.807) is 18.3 Å². The number of carbonyl (C=O) groups excluding carboxylic acids is 1. The van der Waals surface area contributed by atoms with Gasteiger partial charge in [0.15, 0.2) is 0 Å². The van der Waals surface area contributed by atoms with Crippen LogP contribution in [0.3, 0.4) is 0 Å². The molecule has 0 aliphatic rings. The predicted molar refractivity (Wildman–Crippen MR) is 89.1 cm³/mol. The molecule has 1 aromatic heterocycles. The first-order chi connectivity index (χ1) is 10.6. The summed E-state index contributed by atoms with van der Waals surface area (Å²) in [6.45, 7) is 0. The molecule has 1 amide bonds. The van der Waals surface area contributed by atoms with Crippen molar-refractivity contribution in [2.45, 2.75) is 5.03 Å². The molecule has 6 heteroatoms. The van der Waals surface area contributed by atoms with Gasteiger partial charge in [-0.2, -0.15) is 5.26 Å². The average molecular weight is 312 g/mol. The molecule has 0 bridgehead atoms. The van der Waals surface area contributed by atoms with E-state index in [0.29, 0.717) is 10.6 Å². The van der Waals surface area contributed by atoms with E-state index in [2.05, 4.69) is 16.4 Å². The van der Waals surface area contributed by atoms with E-state index < -0.39 is 0 Å². The van der Waals surface area contributed by atoms with E-state index in [1.165, 1.54) is 11.8 Å². The van der Waals surface area contributed by atoms with Crippen LogP contribution in [0.25, 0.3) is 0 Å². The van der Waals surface area contributed by atoms with Crippen molar-refractivity contribution in [2.24, 2.45) is 0 Å². The van der Waals surface area contributed by atoms with Crippen molar-refractivity contribution in [3.8, 4) is 6.07 Å². The molecular formula is C16H16N4OS. The van der Waals surface area contributed by atoms with Crippen LogP contribution in [0.2, 0.25) is 0 Å². The summed E-state index contributed by atoms with van der Waals surface area (Å²) in [5.41, 5.74) is 2.30. The second-order valence-corrected chi connectivity index (χ2v) is 5.71. The first kappa shape index (κ1) is 15.9. The number of rotatable bonds is 5. The minimum atomic E-state index is -0.128. The lowest BCUT2D eigenvalue weighted by Crippen LogP contribution is -2.14. The average Bonchev–Trinajstić information content (AvgIpc) is 2.53. The molecule has 0 saturated carbocycles. The molecule has 2 rings (SSSR count). The number of pyridine rings is 1. The molecule has 0 aliphatic heterocycles. The summed E-state index contributed by atoms with van der Waals surface area (Å²) in [5.74, 6) is 0.0818. The summed E-state index contributed by atoms with van der Waals surface area (Å²) in [5, 5.41) is 12.4. The highest BCUT2D eigenvalue weighted by Crippen LogP contribution is 2.20. The number of nitrogens with zero attached hydrogens (tertiary/aromatic N) is 3. The second kappa shape index (κ2) is 7.48. The summed E-state index contributed by atoms with van der Waals surface area (Å²) in [4.78, 5) is 18.1. The summed E-state index contributed by atoms with van der Waals surface area (Å²) < 4.78 is 0. The number of carbonyl (C=O) groups is 1. The Morgan fingerprint density at radius 1 is 1.32 bits per heavy atom. The van der Waals surface area contributed by atoms with E-state index in [1.807, 2.05) is 43.3 Å². The maximum Gasteiger partial charge on any atom is 0.234 e. The van der Waals surface area contributed by atoms with Gasteiger partial charge in [-0.1, -0.05) is 11.8 Å². The van der Waals surface area contributed by atoms with Crippen LogP contribution in [0.4, 0.5) is 11.4 Å². The SMILES string of the molecule is CN(C)c1ccc(NC(=O)CSc2ncccc2C#N)cc1. The molecule has 0 atom stereocenters. The third-order valence-electron chi connectivity index (χ3n) is 2.90. The van der Waals surface area contributed by atoms with Gasteiger partial charge >= 0.3 is 0 Å². The van der Waals surface area contributed by atoms with Gasteiger partial charge in [-0.25, -0.2) is 4.98 Å². The van der Waals surface area contributed by atoms with Crippen LogP contribution in [0, 0.1) is 11.3 Å². The number of nitrogens with one attached hydrogen (secondary N) is 1. The Kier molecular flexibility index (Phi) is 5.39. The molecule has 0 aliphatic carbocycles. The van der Waals surface area contributed by atoms with Crippen LogP contribution in [0.15, 0.2) is 47.6 Å². The van der Waals surface area contributed by atoms with Gasteiger partial charge in [0.1, 0.15) is 11.1 Å². The minimum absolute atomic E-state index is 0.128. The summed E-state index contributed by atoms with van der Waals surface area (Å²) >= 11 is 1.25. The molecule has 112 valence electrons. The number of amides is 1. The molecule has 5 nitrogen and oxygen atoms in total. The van der Waals surface area contributed by atoms with E-state index in [9.17, 15) is 4.79 Å². The second-order valence-electron chi connectivity index (χ2n) is 4.75. The quantitative estimate of drug-likeness (QED) is 0.860. The zero-order chi connectivity index (χ0) is 15.9. The number of nitriles is 1. The molecule has 0 spiro atoms. The lowest BCUT2D eigenvalue weighted by molar-refractivity contribution is -0.113. The summed E-state index contributed by atoms with van der Waals surface area (Å²) in [7, 11) is 3.92. The predicted octanol–water partition coefficient (Wildman–Crippen LogP) is 2.75. The zero-order valence-electron chi connectivity index (χ0n) is 12.4. The molecule has 2 aromatic rings. The molecule has 0 radical (unpaired) electrons. The molecule has 1 aromatic carbocycles. The lowest BCUT2D eigenvalue weighted by atomic mass is 10.2. The van der Waals surface area contributed by atoms with Crippen LogP contribution >= 0.6 is 11.8 Å². The van der Waals surface area contributed by atoms with Crippen LogP contribution in [0.5, 0.6) is 0 Å². The fourth-order valence-corrected chi connectivity index (χ4v) is 2.51. The van der Waals surface area contributed by atoms with Crippen molar-refractivity contribution >= 4 is 29.0 Å². The van der Waals surface area contributed by atoms with Gasteiger partial charge < -0.3 is 10.2 Å². The van der Waals surface area contributed by atoms with Crippen LogP contribution in [-0.2, 0) is 4.79 Å². The molecule has 1 heterocycles. The molecule has 22 heavy (non-hydrogen) atoms. The Bertz CT molecular complexity index is 692. The minimum Gasteiger partial charge on any atom is -0.378 e. The van der Waals surface area contributed by atoms with Crippen LogP contribution in [0.1, 0.15) is 5.56 Å². The van der Waals surface area contributed by atoms with Gasteiger partial charge in [0.05, 0.1) is 11.3 Å². The Balaban J connectivity index is 1.92. The first-order valence-electron chi connectivity index (χ1n) is 6.65. The van der Waals surface area contributed by atoms with Gasteiger partial charge in [-0.3, -0.25) is 4.79 Å². The summed E-state index contributed by atoms with van der Waals surface area (Å²) in [6, 6.07) is 13.1. The number of hydrogen-bond acceptors (Lipinski definition) is 5. The highest BCUT2D eigenvalue weighted by Gasteiger charge is 2.08. The van der Waals surface area contributed by atoms with E-state index in [4.69, 9.17) is 5.26 Å². The van der Waals surface area contributed by atoms with E-state index >= 15 is 0 Å². The van der Waals surface area contributed by atoms with Gasteiger partial charge in [-0.15, -0.1) is 0 Å². The van der Waals surface area contributed by atoms with Crippen LogP contribution < -0.4 is 10.2 Å². The fourth-order valence-electron chi connectivity index (χ4n) is 1.76. The van der Waals surface area contributed by atoms with Crippen LogP contribution in [-0.4, -0.2) is 30.7 Å². The molecule has 0 saturated heterocycles. The highest BCUT2D eigenvalue weighted by atomic mass is 32.2.